The topological polar surface area (TPSA) is 78.9 Å². The Bertz CT molecular complexity index is 575. The number of nitrogens with one attached hydrogen (secondary N) is 1. The van der Waals surface area contributed by atoms with Crippen LogP contribution < -0.4 is 5.32 Å². The second kappa shape index (κ2) is 7.57. The number of carbonyl (C=O) groups excluding carboxylic acids is 2. The highest BCUT2D eigenvalue weighted by molar-refractivity contribution is 5.83. The van der Waals surface area contributed by atoms with E-state index in [2.05, 4.69) is 5.32 Å². The fourth-order valence-corrected chi connectivity index (χ4v) is 2.78. The summed E-state index contributed by atoms with van der Waals surface area (Å²) in [6.45, 7) is 4.36. The van der Waals surface area contributed by atoms with Crippen LogP contribution in [0.15, 0.2) is 24.3 Å². The minimum Gasteiger partial charge on any atom is -0.393 e. The second-order valence-electron chi connectivity index (χ2n) is 6.02. The summed E-state index contributed by atoms with van der Waals surface area (Å²) in [7, 11) is 0. The van der Waals surface area contributed by atoms with Gasteiger partial charge < -0.3 is 20.1 Å². The Labute approximate surface area is 136 Å². The lowest BCUT2D eigenvalue weighted by molar-refractivity contribution is -0.157. The zero-order chi connectivity index (χ0) is 16.9. The molecular weight excluding hydrogens is 296 g/mol. The molecule has 1 heterocycles. The maximum Gasteiger partial charge on any atom is 0.242 e. The Morgan fingerprint density at radius 2 is 2.13 bits per heavy atom. The van der Waals surface area contributed by atoms with E-state index in [1.54, 1.807) is 4.90 Å². The number of amides is 2. The lowest BCUT2D eigenvalue weighted by Gasteiger charge is -2.42. The zero-order valence-electron chi connectivity index (χ0n) is 13.7. The number of carbonyl (C=O) groups is 2. The summed E-state index contributed by atoms with van der Waals surface area (Å²) in [4.78, 5) is 24.8. The third kappa shape index (κ3) is 4.53. The fourth-order valence-electron chi connectivity index (χ4n) is 2.78. The smallest absolute Gasteiger partial charge is 0.242 e. The molecule has 0 bridgehead atoms. The van der Waals surface area contributed by atoms with Gasteiger partial charge >= 0.3 is 0 Å². The molecular formula is C17H24N2O4. The van der Waals surface area contributed by atoms with Crippen molar-refractivity contribution < 1.29 is 19.4 Å². The molecule has 0 saturated carbocycles. The standard InChI is InChI=1S/C17H24N2O4/c1-13-5-3-4-6-15(13)9-17(12-20)11-19(7-8-23-17)16(22)10-18-14(2)21/h3-6,20H,7-12H2,1-2H3,(H,18,21). The molecule has 1 saturated heterocycles. The number of benzene rings is 1. The van der Waals surface area contributed by atoms with Gasteiger partial charge in [-0.3, -0.25) is 9.59 Å². The molecule has 1 aromatic rings. The van der Waals surface area contributed by atoms with Gasteiger partial charge in [-0.25, -0.2) is 0 Å². The van der Waals surface area contributed by atoms with Gasteiger partial charge in [0.15, 0.2) is 0 Å². The average molecular weight is 320 g/mol. The molecule has 1 atom stereocenters. The summed E-state index contributed by atoms with van der Waals surface area (Å²) in [5.74, 6) is -0.397. The summed E-state index contributed by atoms with van der Waals surface area (Å²) in [5, 5.41) is 12.4. The predicted molar refractivity (Wildman–Crippen MR) is 85.9 cm³/mol. The first kappa shape index (κ1) is 17.4. The maximum absolute atomic E-state index is 12.2. The minimum atomic E-state index is -0.795. The minimum absolute atomic E-state index is 0.0266. The van der Waals surface area contributed by atoms with E-state index in [1.807, 2.05) is 31.2 Å². The highest BCUT2D eigenvalue weighted by Gasteiger charge is 2.38. The number of hydrogen-bond acceptors (Lipinski definition) is 4. The van der Waals surface area contributed by atoms with E-state index >= 15 is 0 Å². The van der Waals surface area contributed by atoms with Crippen LogP contribution in [0, 0.1) is 6.92 Å². The largest absolute Gasteiger partial charge is 0.393 e. The van der Waals surface area contributed by atoms with Crippen molar-refractivity contribution in [2.24, 2.45) is 0 Å². The van der Waals surface area contributed by atoms with Crippen LogP contribution in [-0.4, -0.2) is 60.3 Å². The molecule has 0 aliphatic carbocycles. The number of aryl methyl sites for hydroxylation is 1. The fraction of sp³-hybridized carbons (Fsp3) is 0.529. The highest BCUT2D eigenvalue weighted by atomic mass is 16.5. The van der Waals surface area contributed by atoms with Crippen molar-refractivity contribution in [3.05, 3.63) is 35.4 Å². The van der Waals surface area contributed by atoms with Crippen LogP contribution in [0.1, 0.15) is 18.1 Å². The Hall–Kier alpha value is -1.92. The van der Waals surface area contributed by atoms with Gasteiger partial charge in [0, 0.05) is 19.9 Å². The first-order chi connectivity index (χ1) is 11.0. The number of aliphatic hydroxyl groups excluding tert-OH is 1. The maximum atomic E-state index is 12.2. The van der Waals surface area contributed by atoms with Gasteiger partial charge in [-0.05, 0) is 18.1 Å². The number of hydrogen-bond donors (Lipinski definition) is 2. The van der Waals surface area contributed by atoms with Crippen LogP contribution in [0.2, 0.25) is 0 Å². The number of nitrogens with zero attached hydrogens (tertiary/aromatic N) is 1. The third-order valence-electron chi connectivity index (χ3n) is 4.15. The first-order valence-electron chi connectivity index (χ1n) is 7.77. The molecule has 6 heteroatoms. The van der Waals surface area contributed by atoms with Gasteiger partial charge in [0.1, 0.15) is 5.60 Å². The van der Waals surface area contributed by atoms with E-state index < -0.39 is 5.60 Å². The third-order valence-corrected chi connectivity index (χ3v) is 4.15. The monoisotopic (exact) mass is 320 g/mol. The molecule has 6 nitrogen and oxygen atoms in total. The zero-order valence-corrected chi connectivity index (χ0v) is 13.7. The van der Waals surface area contributed by atoms with Crippen LogP contribution >= 0.6 is 0 Å². The molecule has 23 heavy (non-hydrogen) atoms. The predicted octanol–water partition coefficient (Wildman–Crippen LogP) is 0.264. The summed E-state index contributed by atoms with van der Waals surface area (Å²) in [6.07, 6.45) is 0.542. The van der Waals surface area contributed by atoms with Crippen LogP contribution in [0.3, 0.4) is 0 Å². The van der Waals surface area contributed by atoms with Crippen LogP contribution in [0.25, 0.3) is 0 Å². The van der Waals surface area contributed by atoms with E-state index in [0.29, 0.717) is 26.1 Å². The van der Waals surface area contributed by atoms with E-state index in [9.17, 15) is 14.7 Å². The first-order valence-corrected chi connectivity index (χ1v) is 7.77. The molecule has 126 valence electrons. The summed E-state index contributed by atoms with van der Waals surface area (Å²) < 4.78 is 5.85. The lowest BCUT2D eigenvalue weighted by atomic mass is 9.91. The van der Waals surface area contributed by atoms with E-state index in [-0.39, 0.29) is 25.0 Å². The molecule has 1 unspecified atom stereocenters. The number of aliphatic hydroxyl groups is 1. The molecule has 1 aromatic carbocycles. The molecule has 1 aliphatic heterocycles. The second-order valence-corrected chi connectivity index (χ2v) is 6.02. The summed E-state index contributed by atoms with van der Waals surface area (Å²) in [6, 6.07) is 7.95. The molecule has 1 aliphatic rings. The van der Waals surface area contributed by atoms with Crippen molar-refractivity contribution in [3.8, 4) is 0 Å². The van der Waals surface area contributed by atoms with E-state index in [1.165, 1.54) is 6.92 Å². The van der Waals surface area contributed by atoms with Crippen LogP contribution in [0.4, 0.5) is 0 Å². The molecule has 0 radical (unpaired) electrons. The molecule has 2 N–H and O–H groups in total. The normalized spacial score (nSPS) is 21.1. The van der Waals surface area contributed by atoms with Crippen molar-refractivity contribution in [1.82, 2.24) is 10.2 Å². The van der Waals surface area contributed by atoms with Gasteiger partial charge in [-0.1, -0.05) is 24.3 Å². The number of rotatable bonds is 5. The SMILES string of the molecule is CC(=O)NCC(=O)N1CCOC(CO)(Cc2ccccc2C)C1. The van der Waals surface area contributed by atoms with Gasteiger partial charge in [0.05, 0.1) is 26.3 Å². The van der Waals surface area contributed by atoms with Crippen molar-refractivity contribution in [2.45, 2.75) is 25.9 Å². The van der Waals surface area contributed by atoms with Gasteiger partial charge in [-0.2, -0.15) is 0 Å². The Morgan fingerprint density at radius 3 is 2.78 bits per heavy atom. The van der Waals surface area contributed by atoms with E-state index in [4.69, 9.17) is 4.74 Å². The van der Waals surface area contributed by atoms with Crippen molar-refractivity contribution in [1.29, 1.82) is 0 Å². The Morgan fingerprint density at radius 1 is 1.39 bits per heavy atom. The quantitative estimate of drug-likeness (QED) is 0.816. The Kier molecular flexibility index (Phi) is 5.74. The van der Waals surface area contributed by atoms with Crippen LogP contribution in [0.5, 0.6) is 0 Å². The highest BCUT2D eigenvalue weighted by Crippen LogP contribution is 2.24. The average Bonchev–Trinajstić information content (AvgIpc) is 2.55. The van der Waals surface area contributed by atoms with Crippen molar-refractivity contribution in [2.75, 3.05) is 32.8 Å². The molecule has 2 rings (SSSR count). The summed E-state index contributed by atoms with van der Waals surface area (Å²) >= 11 is 0. The number of morpholine rings is 1. The Balaban J connectivity index is 2.08. The number of ether oxygens (including phenoxy) is 1. The van der Waals surface area contributed by atoms with Gasteiger partial charge in [0.25, 0.3) is 0 Å². The van der Waals surface area contributed by atoms with Gasteiger partial charge in [0.2, 0.25) is 11.8 Å². The van der Waals surface area contributed by atoms with Crippen LogP contribution in [-0.2, 0) is 20.7 Å². The van der Waals surface area contributed by atoms with Crippen molar-refractivity contribution in [3.63, 3.8) is 0 Å². The molecule has 0 aromatic heterocycles. The molecule has 1 fully saturated rings. The van der Waals surface area contributed by atoms with Gasteiger partial charge in [-0.15, -0.1) is 0 Å². The molecule has 2 amide bonds. The summed E-state index contributed by atoms with van der Waals surface area (Å²) in [5.41, 5.74) is 1.43. The van der Waals surface area contributed by atoms with Crippen molar-refractivity contribution >= 4 is 11.8 Å². The molecule has 0 spiro atoms. The lowest BCUT2D eigenvalue weighted by Crippen LogP contribution is -2.58. The van der Waals surface area contributed by atoms with E-state index in [0.717, 1.165) is 11.1 Å².